The number of hydrogen-bond acceptors (Lipinski definition) is 3. The molecule has 0 radical (unpaired) electrons. The molecule has 0 spiro atoms. The summed E-state index contributed by atoms with van der Waals surface area (Å²) in [5.41, 5.74) is 1.24. The van der Waals surface area contributed by atoms with E-state index in [1.165, 1.54) is 18.4 Å². The maximum Gasteiger partial charge on any atom is 0.0699 e. The van der Waals surface area contributed by atoms with Gasteiger partial charge in [0.05, 0.1) is 6.10 Å². The summed E-state index contributed by atoms with van der Waals surface area (Å²) in [4.78, 5) is 0. The van der Waals surface area contributed by atoms with Gasteiger partial charge < -0.3 is 15.2 Å². The molecule has 1 aliphatic heterocycles. The van der Waals surface area contributed by atoms with Crippen molar-refractivity contribution in [3.05, 3.63) is 35.9 Å². The molecule has 1 heterocycles. The van der Waals surface area contributed by atoms with Crippen LogP contribution in [-0.4, -0.2) is 31.0 Å². The van der Waals surface area contributed by atoms with E-state index in [-0.39, 0.29) is 12.6 Å². The van der Waals surface area contributed by atoms with Gasteiger partial charge >= 0.3 is 0 Å². The predicted molar refractivity (Wildman–Crippen MR) is 72.5 cm³/mol. The monoisotopic (exact) mass is 249 g/mol. The fourth-order valence-electron chi connectivity index (χ4n) is 2.44. The van der Waals surface area contributed by atoms with Gasteiger partial charge in [-0.15, -0.1) is 0 Å². The minimum Gasteiger partial charge on any atom is -0.396 e. The number of aliphatic hydroxyl groups is 1. The zero-order valence-corrected chi connectivity index (χ0v) is 10.8. The first kappa shape index (κ1) is 13.5. The molecule has 0 aliphatic carbocycles. The van der Waals surface area contributed by atoms with Gasteiger partial charge in [0.25, 0.3) is 0 Å². The van der Waals surface area contributed by atoms with Crippen LogP contribution in [-0.2, 0) is 4.74 Å². The molecule has 0 saturated carbocycles. The first-order valence-corrected chi connectivity index (χ1v) is 6.91. The molecule has 100 valence electrons. The number of nitrogens with one attached hydrogen (secondary N) is 1. The normalized spacial score (nSPS) is 21.7. The minimum atomic E-state index is 0.206. The average molecular weight is 249 g/mol. The lowest BCUT2D eigenvalue weighted by atomic mass is 10.0. The second-order valence-corrected chi connectivity index (χ2v) is 4.87. The Balaban J connectivity index is 1.86. The molecular formula is C15H23NO2. The lowest BCUT2D eigenvalue weighted by molar-refractivity contribution is 0.0148. The van der Waals surface area contributed by atoms with Gasteiger partial charge in [0.15, 0.2) is 0 Å². The molecule has 1 aliphatic rings. The molecule has 2 rings (SSSR count). The van der Waals surface area contributed by atoms with Gasteiger partial charge in [-0.25, -0.2) is 0 Å². The molecule has 2 N–H and O–H groups in total. The maximum atomic E-state index is 9.16. The van der Waals surface area contributed by atoms with Crippen LogP contribution in [0, 0.1) is 0 Å². The van der Waals surface area contributed by atoms with E-state index in [1.807, 2.05) is 18.2 Å². The maximum absolute atomic E-state index is 9.16. The van der Waals surface area contributed by atoms with Gasteiger partial charge in [0, 0.05) is 25.8 Å². The Morgan fingerprint density at radius 1 is 1.28 bits per heavy atom. The lowest BCUT2D eigenvalue weighted by Crippen LogP contribution is -2.34. The predicted octanol–water partition coefficient (Wildman–Crippen LogP) is 2.27. The van der Waals surface area contributed by atoms with Crippen LogP contribution in [0.15, 0.2) is 30.3 Å². The summed E-state index contributed by atoms with van der Waals surface area (Å²) in [6, 6.07) is 10.5. The number of aliphatic hydroxyl groups excluding tert-OH is 1. The molecule has 2 unspecified atom stereocenters. The van der Waals surface area contributed by atoms with Gasteiger partial charge in [-0.2, -0.15) is 0 Å². The van der Waals surface area contributed by atoms with Gasteiger partial charge in [0.2, 0.25) is 0 Å². The summed E-state index contributed by atoms with van der Waals surface area (Å²) in [6.07, 6.45) is 4.69. The smallest absolute Gasteiger partial charge is 0.0699 e. The highest BCUT2D eigenvalue weighted by molar-refractivity contribution is 5.18. The molecule has 1 aromatic carbocycles. The molecule has 3 nitrogen and oxygen atoms in total. The van der Waals surface area contributed by atoms with Crippen molar-refractivity contribution in [2.75, 3.05) is 19.8 Å². The summed E-state index contributed by atoms with van der Waals surface area (Å²) >= 11 is 0. The van der Waals surface area contributed by atoms with Gasteiger partial charge in [0.1, 0.15) is 0 Å². The van der Waals surface area contributed by atoms with E-state index in [4.69, 9.17) is 9.84 Å². The fraction of sp³-hybridized carbons (Fsp3) is 0.600. The van der Waals surface area contributed by atoms with E-state index < -0.39 is 0 Å². The molecule has 2 atom stereocenters. The molecule has 0 aromatic heterocycles. The molecule has 18 heavy (non-hydrogen) atoms. The Kier molecular flexibility index (Phi) is 5.65. The van der Waals surface area contributed by atoms with Gasteiger partial charge in [-0.05, 0) is 31.2 Å². The van der Waals surface area contributed by atoms with Crippen LogP contribution in [0.3, 0.4) is 0 Å². The first-order chi connectivity index (χ1) is 8.90. The Labute approximate surface area is 109 Å². The molecule has 0 amide bonds. The second kappa shape index (κ2) is 7.52. The van der Waals surface area contributed by atoms with Crippen molar-refractivity contribution in [3.63, 3.8) is 0 Å². The highest BCUT2D eigenvalue weighted by Crippen LogP contribution is 2.18. The van der Waals surface area contributed by atoms with Crippen molar-refractivity contribution < 1.29 is 9.84 Å². The molecule has 1 fully saturated rings. The number of hydrogen-bond donors (Lipinski definition) is 2. The Morgan fingerprint density at radius 2 is 2.11 bits per heavy atom. The van der Waals surface area contributed by atoms with Crippen molar-refractivity contribution in [3.8, 4) is 0 Å². The molecule has 3 heteroatoms. The molecule has 1 saturated heterocycles. The van der Waals surface area contributed by atoms with E-state index in [1.54, 1.807) is 0 Å². The van der Waals surface area contributed by atoms with Gasteiger partial charge in [-0.3, -0.25) is 0 Å². The first-order valence-electron chi connectivity index (χ1n) is 6.91. The third kappa shape index (κ3) is 4.09. The lowest BCUT2D eigenvalue weighted by Gasteiger charge is -2.26. The van der Waals surface area contributed by atoms with Crippen molar-refractivity contribution >= 4 is 0 Å². The van der Waals surface area contributed by atoms with E-state index in [0.29, 0.717) is 6.10 Å². The van der Waals surface area contributed by atoms with Crippen molar-refractivity contribution in [1.82, 2.24) is 5.32 Å². The van der Waals surface area contributed by atoms with Crippen molar-refractivity contribution in [2.24, 2.45) is 0 Å². The summed E-state index contributed by atoms with van der Waals surface area (Å²) in [5.74, 6) is 0. The quantitative estimate of drug-likeness (QED) is 0.812. The zero-order chi connectivity index (χ0) is 12.6. The summed E-state index contributed by atoms with van der Waals surface area (Å²) in [6.45, 7) is 1.97. The van der Waals surface area contributed by atoms with Crippen LogP contribution in [0.25, 0.3) is 0 Å². The Bertz CT molecular complexity index is 323. The zero-order valence-electron chi connectivity index (χ0n) is 10.8. The topological polar surface area (TPSA) is 41.5 Å². The Morgan fingerprint density at radius 3 is 2.78 bits per heavy atom. The van der Waals surface area contributed by atoms with Crippen molar-refractivity contribution in [2.45, 2.75) is 37.8 Å². The summed E-state index contributed by atoms with van der Waals surface area (Å²) in [7, 11) is 0. The summed E-state index contributed by atoms with van der Waals surface area (Å²) < 4.78 is 5.72. The number of benzene rings is 1. The summed E-state index contributed by atoms with van der Waals surface area (Å²) in [5, 5.41) is 12.7. The van der Waals surface area contributed by atoms with Crippen LogP contribution in [0.5, 0.6) is 0 Å². The van der Waals surface area contributed by atoms with Gasteiger partial charge in [-0.1, -0.05) is 30.3 Å². The third-order valence-electron chi connectivity index (χ3n) is 3.49. The standard InChI is InChI=1S/C15H23NO2/c17-10-9-15(13-6-2-1-3-7-13)16-12-14-8-4-5-11-18-14/h1-3,6-7,14-17H,4-5,8-12H2. The second-order valence-electron chi connectivity index (χ2n) is 4.87. The van der Waals surface area contributed by atoms with Crippen LogP contribution < -0.4 is 5.32 Å². The van der Waals surface area contributed by atoms with E-state index in [2.05, 4.69) is 17.4 Å². The Hall–Kier alpha value is -0.900. The van der Waals surface area contributed by atoms with Crippen LogP contribution >= 0.6 is 0 Å². The van der Waals surface area contributed by atoms with Crippen LogP contribution in [0.1, 0.15) is 37.3 Å². The molecule has 1 aromatic rings. The van der Waals surface area contributed by atoms with E-state index in [0.717, 1.165) is 26.0 Å². The minimum absolute atomic E-state index is 0.206. The molecular weight excluding hydrogens is 226 g/mol. The fourth-order valence-corrected chi connectivity index (χ4v) is 2.44. The SMILES string of the molecule is OCCC(NCC1CCCCO1)c1ccccc1. The van der Waals surface area contributed by atoms with Crippen molar-refractivity contribution in [1.29, 1.82) is 0 Å². The highest BCUT2D eigenvalue weighted by Gasteiger charge is 2.16. The number of ether oxygens (including phenoxy) is 1. The number of rotatable bonds is 6. The van der Waals surface area contributed by atoms with E-state index in [9.17, 15) is 0 Å². The van der Waals surface area contributed by atoms with Crippen LogP contribution in [0.4, 0.5) is 0 Å². The average Bonchev–Trinajstić information content (AvgIpc) is 2.45. The largest absolute Gasteiger partial charge is 0.396 e. The third-order valence-corrected chi connectivity index (χ3v) is 3.49. The highest BCUT2D eigenvalue weighted by atomic mass is 16.5. The molecule has 0 bridgehead atoms. The van der Waals surface area contributed by atoms with E-state index >= 15 is 0 Å². The van der Waals surface area contributed by atoms with Crippen LogP contribution in [0.2, 0.25) is 0 Å².